The summed E-state index contributed by atoms with van der Waals surface area (Å²) in [4.78, 5) is 25.3. The highest BCUT2D eigenvalue weighted by Gasteiger charge is 2.15. The summed E-state index contributed by atoms with van der Waals surface area (Å²) in [5, 5.41) is 4.31. The molecule has 0 bridgehead atoms. The molecule has 1 heterocycles. The Morgan fingerprint density at radius 3 is 2.58 bits per heavy atom. The Morgan fingerprint density at radius 2 is 1.96 bits per heavy atom. The average molecular weight is 361 g/mol. The maximum Gasteiger partial charge on any atom is 0.306 e. The number of likely N-dealkylation sites (N-methyl/N-ethyl adjacent to an activating group) is 1. The number of benzene rings is 1. The largest absolute Gasteiger partial charge is 0.456 e. The van der Waals surface area contributed by atoms with E-state index in [4.69, 9.17) is 4.74 Å². The number of hydrogen-bond donors (Lipinski definition) is 0. The third kappa shape index (κ3) is 4.91. The first kappa shape index (κ1) is 19.6. The Bertz CT molecular complexity index is 801. The Balaban J connectivity index is 1.79. The number of carbonyl (C=O) groups is 2. The standard InChI is InChI=1S/C19H24FN3O3/c1-13-16(14(2)23(4)21-13)9-10-19(25)26-12-18(24)22(3)11-15-7-5-6-8-17(15)20/h5-8H,9-12H2,1-4H3. The fourth-order valence-electron chi connectivity index (χ4n) is 2.70. The summed E-state index contributed by atoms with van der Waals surface area (Å²) < 4.78 is 20.5. The van der Waals surface area contributed by atoms with E-state index in [1.165, 1.54) is 11.0 Å². The second kappa shape index (κ2) is 8.60. The van der Waals surface area contributed by atoms with Gasteiger partial charge in [0.05, 0.1) is 5.69 Å². The molecule has 0 aliphatic heterocycles. The van der Waals surface area contributed by atoms with E-state index in [2.05, 4.69) is 5.10 Å². The predicted molar refractivity (Wildman–Crippen MR) is 94.8 cm³/mol. The minimum absolute atomic E-state index is 0.122. The van der Waals surface area contributed by atoms with Gasteiger partial charge < -0.3 is 9.64 Å². The molecule has 0 radical (unpaired) electrons. The zero-order valence-corrected chi connectivity index (χ0v) is 15.6. The Kier molecular flexibility index (Phi) is 6.49. The molecular weight excluding hydrogens is 337 g/mol. The van der Waals surface area contributed by atoms with Crippen LogP contribution in [0.4, 0.5) is 4.39 Å². The first-order valence-corrected chi connectivity index (χ1v) is 8.41. The minimum Gasteiger partial charge on any atom is -0.456 e. The molecule has 0 atom stereocenters. The molecule has 2 aromatic rings. The van der Waals surface area contributed by atoms with Gasteiger partial charge in [0.15, 0.2) is 6.61 Å². The zero-order chi connectivity index (χ0) is 19.3. The van der Waals surface area contributed by atoms with Crippen molar-refractivity contribution in [1.29, 1.82) is 0 Å². The Labute approximate surface area is 152 Å². The summed E-state index contributed by atoms with van der Waals surface area (Å²) in [5.74, 6) is -1.19. The number of aromatic nitrogens is 2. The fraction of sp³-hybridized carbons (Fsp3) is 0.421. The number of rotatable bonds is 7. The first-order valence-electron chi connectivity index (χ1n) is 8.41. The van der Waals surface area contributed by atoms with Crippen LogP contribution in [0.2, 0.25) is 0 Å². The van der Waals surface area contributed by atoms with Crippen molar-refractivity contribution in [2.75, 3.05) is 13.7 Å². The summed E-state index contributed by atoms with van der Waals surface area (Å²) in [6.07, 6.45) is 0.696. The number of nitrogens with zero attached hydrogens (tertiary/aromatic N) is 3. The van der Waals surface area contributed by atoms with Crippen LogP contribution in [0.15, 0.2) is 24.3 Å². The maximum atomic E-state index is 13.6. The van der Waals surface area contributed by atoms with E-state index in [9.17, 15) is 14.0 Å². The van der Waals surface area contributed by atoms with Crippen LogP contribution in [0.5, 0.6) is 0 Å². The molecule has 0 aliphatic carbocycles. The summed E-state index contributed by atoms with van der Waals surface area (Å²) in [5.41, 5.74) is 3.33. The number of ether oxygens (including phenoxy) is 1. The summed E-state index contributed by atoms with van der Waals surface area (Å²) >= 11 is 0. The molecule has 0 saturated heterocycles. The topological polar surface area (TPSA) is 64.4 Å². The van der Waals surface area contributed by atoms with Crippen LogP contribution in [-0.4, -0.2) is 40.2 Å². The molecule has 7 heteroatoms. The third-order valence-electron chi connectivity index (χ3n) is 4.39. The van der Waals surface area contributed by atoms with Crippen LogP contribution < -0.4 is 0 Å². The van der Waals surface area contributed by atoms with E-state index in [-0.39, 0.29) is 31.3 Å². The van der Waals surface area contributed by atoms with E-state index in [0.29, 0.717) is 12.0 Å². The van der Waals surface area contributed by atoms with Crippen LogP contribution in [0, 0.1) is 19.7 Å². The van der Waals surface area contributed by atoms with Gasteiger partial charge in [0.1, 0.15) is 5.82 Å². The van der Waals surface area contributed by atoms with Crippen molar-refractivity contribution < 1.29 is 18.7 Å². The van der Waals surface area contributed by atoms with E-state index < -0.39 is 5.97 Å². The predicted octanol–water partition coefficient (Wildman–Crippen LogP) is 2.31. The van der Waals surface area contributed by atoms with Crippen molar-refractivity contribution in [3.63, 3.8) is 0 Å². The van der Waals surface area contributed by atoms with E-state index in [0.717, 1.165) is 17.0 Å². The molecule has 0 saturated carbocycles. The number of carbonyl (C=O) groups excluding carboxylic acids is 2. The second-order valence-corrected chi connectivity index (χ2v) is 6.27. The lowest BCUT2D eigenvalue weighted by molar-refractivity contribution is -0.151. The van der Waals surface area contributed by atoms with Gasteiger partial charge in [-0.05, 0) is 31.9 Å². The van der Waals surface area contributed by atoms with E-state index in [1.807, 2.05) is 20.9 Å². The SMILES string of the molecule is Cc1nn(C)c(C)c1CCC(=O)OCC(=O)N(C)Cc1ccccc1F. The molecule has 140 valence electrons. The van der Waals surface area contributed by atoms with Crippen molar-refractivity contribution in [2.24, 2.45) is 7.05 Å². The van der Waals surface area contributed by atoms with Crippen LogP contribution in [0.3, 0.4) is 0 Å². The molecule has 1 aromatic carbocycles. The lowest BCUT2D eigenvalue weighted by Crippen LogP contribution is -2.31. The fourth-order valence-corrected chi connectivity index (χ4v) is 2.70. The smallest absolute Gasteiger partial charge is 0.306 e. The van der Waals surface area contributed by atoms with E-state index in [1.54, 1.807) is 29.9 Å². The minimum atomic E-state index is -0.444. The summed E-state index contributed by atoms with van der Waals surface area (Å²) in [6, 6.07) is 6.26. The number of hydrogen-bond acceptors (Lipinski definition) is 4. The monoisotopic (exact) mass is 361 g/mol. The van der Waals surface area contributed by atoms with Crippen LogP contribution in [0.25, 0.3) is 0 Å². The lowest BCUT2D eigenvalue weighted by atomic mass is 10.1. The molecular formula is C19H24FN3O3. The average Bonchev–Trinajstić information content (AvgIpc) is 2.85. The number of amides is 1. The van der Waals surface area contributed by atoms with Crippen LogP contribution in [-0.2, 0) is 34.3 Å². The highest BCUT2D eigenvalue weighted by molar-refractivity contribution is 5.80. The van der Waals surface area contributed by atoms with Crippen LogP contribution in [0.1, 0.15) is 28.9 Å². The Hall–Kier alpha value is -2.70. The molecule has 0 N–H and O–H groups in total. The normalized spacial score (nSPS) is 10.7. The van der Waals surface area contributed by atoms with Gasteiger partial charge >= 0.3 is 5.97 Å². The number of esters is 1. The third-order valence-corrected chi connectivity index (χ3v) is 4.39. The van der Waals surface area contributed by atoms with E-state index >= 15 is 0 Å². The van der Waals surface area contributed by atoms with Crippen molar-refractivity contribution in [1.82, 2.24) is 14.7 Å². The van der Waals surface area contributed by atoms with Gasteiger partial charge in [-0.2, -0.15) is 5.10 Å². The number of halogens is 1. The van der Waals surface area contributed by atoms with Gasteiger partial charge in [-0.25, -0.2) is 4.39 Å². The quantitative estimate of drug-likeness (QED) is 0.710. The second-order valence-electron chi connectivity index (χ2n) is 6.27. The molecule has 1 aromatic heterocycles. The maximum absolute atomic E-state index is 13.6. The highest BCUT2D eigenvalue weighted by atomic mass is 19.1. The molecule has 2 rings (SSSR count). The molecule has 0 spiro atoms. The molecule has 6 nitrogen and oxygen atoms in total. The van der Waals surface area contributed by atoms with Crippen molar-refractivity contribution in [3.05, 3.63) is 52.6 Å². The van der Waals surface area contributed by atoms with Gasteiger partial charge in [-0.15, -0.1) is 0 Å². The van der Waals surface area contributed by atoms with Gasteiger partial charge in [0, 0.05) is 38.3 Å². The molecule has 0 aliphatic rings. The lowest BCUT2D eigenvalue weighted by Gasteiger charge is -2.17. The molecule has 0 fully saturated rings. The van der Waals surface area contributed by atoms with Gasteiger partial charge in [0.2, 0.25) is 0 Å². The van der Waals surface area contributed by atoms with Crippen molar-refractivity contribution in [2.45, 2.75) is 33.2 Å². The zero-order valence-electron chi connectivity index (χ0n) is 15.6. The first-order chi connectivity index (χ1) is 12.3. The molecule has 0 unspecified atom stereocenters. The summed E-state index contributed by atoms with van der Waals surface area (Å²) in [7, 11) is 3.40. The number of aryl methyl sites for hydroxylation is 2. The Morgan fingerprint density at radius 1 is 1.27 bits per heavy atom. The molecule has 26 heavy (non-hydrogen) atoms. The van der Waals surface area contributed by atoms with Gasteiger partial charge in [-0.1, -0.05) is 18.2 Å². The van der Waals surface area contributed by atoms with Gasteiger partial charge in [0.25, 0.3) is 5.91 Å². The summed E-state index contributed by atoms with van der Waals surface area (Å²) in [6.45, 7) is 3.61. The van der Waals surface area contributed by atoms with Crippen LogP contribution >= 0.6 is 0 Å². The van der Waals surface area contributed by atoms with Gasteiger partial charge in [-0.3, -0.25) is 14.3 Å². The molecule has 1 amide bonds. The van der Waals surface area contributed by atoms with Crippen molar-refractivity contribution >= 4 is 11.9 Å². The highest BCUT2D eigenvalue weighted by Crippen LogP contribution is 2.14. The van der Waals surface area contributed by atoms with Crippen molar-refractivity contribution in [3.8, 4) is 0 Å².